The highest BCUT2D eigenvalue weighted by Gasteiger charge is 2.17. The highest BCUT2D eigenvalue weighted by Crippen LogP contribution is 2.25. The van der Waals surface area contributed by atoms with Gasteiger partial charge in [0.15, 0.2) is 0 Å². The molecule has 1 aliphatic rings. The van der Waals surface area contributed by atoms with Gasteiger partial charge in [-0.2, -0.15) is 0 Å². The molecule has 0 fully saturated rings. The topological polar surface area (TPSA) is 77.0 Å². The molecule has 0 spiro atoms. The van der Waals surface area contributed by atoms with Crippen LogP contribution in [-0.4, -0.2) is 15.0 Å². The molecule has 0 unspecified atom stereocenters. The van der Waals surface area contributed by atoms with Crippen LogP contribution in [0.3, 0.4) is 0 Å². The van der Waals surface area contributed by atoms with Crippen LogP contribution in [0.25, 0.3) is 0 Å². The number of hydrogen-bond acceptors (Lipinski definition) is 5. The lowest BCUT2D eigenvalue weighted by atomic mass is 10.1. The summed E-state index contributed by atoms with van der Waals surface area (Å²) in [5, 5.41) is 3.22. The van der Waals surface area contributed by atoms with Crippen molar-refractivity contribution in [3.05, 3.63) is 40.7 Å². The van der Waals surface area contributed by atoms with Gasteiger partial charge in [-0.3, -0.25) is 0 Å². The minimum absolute atomic E-state index is 0.360. The lowest BCUT2D eigenvalue weighted by Crippen LogP contribution is -2.15. The number of aromatic nitrogens is 2. The van der Waals surface area contributed by atoms with Crippen molar-refractivity contribution >= 4 is 23.0 Å². The van der Waals surface area contributed by atoms with Crippen LogP contribution in [0.1, 0.15) is 34.9 Å². The maximum Gasteiger partial charge on any atom is 0.213 e. The quantitative estimate of drug-likeness (QED) is 0.839. The third-order valence-electron chi connectivity index (χ3n) is 3.39. The average molecular weight is 288 g/mol. The van der Waals surface area contributed by atoms with E-state index >= 15 is 0 Å². The maximum absolute atomic E-state index is 5.79. The first-order valence-electron chi connectivity index (χ1n) is 6.61. The Bertz CT molecular complexity index is 665. The van der Waals surface area contributed by atoms with E-state index in [1.165, 1.54) is 5.56 Å². The van der Waals surface area contributed by atoms with Crippen LogP contribution in [0.2, 0.25) is 0 Å². The summed E-state index contributed by atoms with van der Waals surface area (Å²) < 4.78 is 5.43. The number of fused-ring (bicyclic) bond motifs is 1. The first-order valence-corrected chi connectivity index (χ1v) is 7.02. The van der Waals surface area contributed by atoms with E-state index < -0.39 is 0 Å². The summed E-state index contributed by atoms with van der Waals surface area (Å²) in [6, 6.07) is 2.06. The van der Waals surface area contributed by atoms with Gasteiger partial charge in [0.25, 0.3) is 0 Å². The number of oxazole rings is 1. The van der Waals surface area contributed by atoms with E-state index in [2.05, 4.69) is 21.4 Å². The Labute approximate surface area is 122 Å². The Balaban J connectivity index is 1.86. The Hall–Kier alpha value is -1.95. The standard InChI is InChI=1S/C14H16N4OS/c1-8-6-16-12(19-8)7-17-14-10(13(15)20)5-9-3-2-4-11(9)18-14/h5-6H,2-4,7H2,1H3,(H2,15,20)(H,17,18). The molecular formula is C14H16N4OS. The second kappa shape index (κ2) is 5.20. The fraction of sp³-hybridized carbons (Fsp3) is 0.357. The number of nitrogens with one attached hydrogen (secondary N) is 1. The molecule has 0 atom stereocenters. The van der Waals surface area contributed by atoms with Crippen LogP contribution in [0, 0.1) is 6.92 Å². The lowest BCUT2D eigenvalue weighted by Gasteiger charge is -2.11. The number of thiocarbonyl (C=S) groups is 1. The van der Waals surface area contributed by atoms with Crippen LogP contribution < -0.4 is 11.1 Å². The van der Waals surface area contributed by atoms with Crippen molar-refractivity contribution in [2.45, 2.75) is 32.7 Å². The minimum atomic E-state index is 0.360. The lowest BCUT2D eigenvalue weighted by molar-refractivity contribution is 0.479. The van der Waals surface area contributed by atoms with E-state index in [-0.39, 0.29) is 0 Å². The summed E-state index contributed by atoms with van der Waals surface area (Å²) in [5.41, 5.74) is 8.98. The Morgan fingerprint density at radius 3 is 3.05 bits per heavy atom. The number of aryl methyl sites for hydroxylation is 3. The second-order valence-electron chi connectivity index (χ2n) is 4.93. The predicted molar refractivity (Wildman–Crippen MR) is 80.7 cm³/mol. The Morgan fingerprint density at radius 1 is 1.50 bits per heavy atom. The maximum atomic E-state index is 5.79. The van der Waals surface area contributed by atoms with E-state index in [9.17, 15) is 0 Å². The molecular weight excluding hydrogens is 272 g/mol. The van der Waals surface area contributed by atoms with Crippen molar-refractivity contribution in [1.82, 2.24) is 9.97 Å². The number of pyridine rings is 1. The van der Waals surface area contributed by atoms with Gasteiger partial charge in [-0.15, -0.1) is 0 Å². The summed E-state index contributed by atoms with van der Waals surface area (Å²) >= 11 is 5.11. The van der Waals surface area contributed by atoms with Crippen LogP contribution in [-0.2, 0) is 19.4 Å². The molecule has 20 heavy (non-hydrogen) atoms. The van der Waals surface area contributed by atoms with Gasteiger partial charge >= 0.3 is 0 Å². The molecule has 0 radical (unpaired) electrons. The molecule has 2 aromatic heterocycles. The monoisotopic (exact) mass is 288 g/mol. The number of nitrogens with two attached hydrogens (primary N) is 1. The van der Waals surface area contributed by atoms with Crippen molar-refractivity contribution in [2.24, 2.45) is 5.73 Å². The Morgan fingerprint density at radius 2 is 2.35 bits per heavy atom. The van der Waals surface area contributed by atoms with Gasteiger partial charge in [-0.05, 0) is 37.8 Å². The zero-order valence-electron chi connectivity index (χ0n) is 11.3. The van der Waals surface area contributed by atoms with Crippen molar-refractivity contribution in [3.63, 3.8) is 0 Å². The molecule has 6 heteroatoms. The molecule has 5 nitrogen and oxygen atoms in total. The summed E-state index contributed by atoms with van der Waals surface area (Å²) in [6.07, 6.45) is 4.90. The van der Waals surface area contributed by atoms with Crippen molar-refractivity contribution in [1.29, 1.82) is 0 Å². The molecule has 0 bridgehead atoms. The third-order valence-corrected chi connectivity index (χ3v) is 3.61. The highest BCUT2D eigenvalue weighted by molar-refractivity contribution is 7.80. The zero-order chi connectivity index (χ0) is 14.1. The zero-order valence-corrected chi connectivity index (χ0v) is 12.1. The predicted octanol–water partition coefficient (Wildman–Crippen LogP) is 2.11. The fourth-order valence-corrected chi connectivity index (χ4v) is 2.59. The Kier molecular flexibility index (Phi) is 3.40. The van der Waals surface area contributed by atoms with Crippen LogP contribution in [0.5, 0.6) is 0 Å². The molecule has 2 heterocycles. The van der Waals surface area contributed by atoms with Crippen molar-refractivity contribution < 1.29 is 4.42 Å². The molecule has 2 aromatic rings. The minimum Gasteiger partial charge on any atom is -0.444 e. The smallest absolute Gasteiger partial charge is 0.213 e. The molecule has 3 N–H and O–H groups in total. The SMILES string of the molecule is Cc1cnc(CNc2nc3c(cc2C(N)=S)CCC3)o1. The van der Waals surface area contributed by atoms with Gasteiger partial charge < -0.3 is 15.5 Å². The van der Waals surface area contributed by atoms with Crippen LogP contribution in [0.15, 0.2) is 16.7 Å². The number of rotatable bonds is 4. The van der Waals surface area contributed by atoms with Gasteiger partial charge in [0.2, 0.25) is 5.89 Å². The summed E-state index contributed by atoms with van der Waals surface area (Å²) in [5.74, 6) is 2.13. The first kappa shape index (κ1) is 13.1. The fourth-order valence-electron chi connectivity index (χ4n) is 2.44. The van der Waals surface area contributed by atoms with E-state index in [1.54, 1.807) is 6.20 Å². The number of hydrogen-bond donors (Lipinski definition) is 2. The molecule has 3 rings (SSSR count). The average Bonchev–Trinajstić information content (AvgIpc) is 3.03. The summed E-state index contributed by atoms with van der Waals surface area (Å²) in [6.45, 7) is 2.33. The molecule has 1 aliphatic carbocycles. The van der Waals surface area contributed by atoms with E-state index in [4.69, 9.17) is 22.4 Å². The normalized spacial score (nSPS) is 13.2. The highest BCUT2D eigenvalue weighted by atomic mass is 32.1. The van der Waals surface area contributed by atoms with Gasteiger partial charge in [-0.1, -0.05) is 12.2 Å². The van der Waals surface area contributed by atoms with Crippen molar-refractivity contribution in [3.8, 4) is 0 Å². The molecule has 0 amide bonds. The van der Waals surface area contributed by atoms with E-state index in [0.717, 1.165) is 36.3 Å². The van der Waals surface area contributed by atoms with Gasteiger partial charge in [0.05, 0.1) is 18.3 Å². The largest absolute Gasteiger partial charge is 0.444 e. The molecule has 0 aromatic carbocycles. The first-order chi connectivity index (χ1) is 9.63. The molecule has 104 valence electrons. The van der Waals surface area contributed by atoms with Crippen LogP contribution in [0.4, 0.5) is 5.82 Å². The van der Waals surface area contributed by atoms with Gasteiger partial charge in [-0.25, -0.2) is 9.97 Å². The van der Waals surface area contributed by atoms with E-state index in [0.29, 0.717) is 23.2 Å². The van der Waals surface area contributed by atoms with Gasteiger partial charge in [0.1, 0.15) is 16.6 Å². The second-order valence-corrected chi connectivity index (χ2v) is 5.37. The van der Waals surface area contributed by atoms with Gasteiger partial charge in [0, 0.05) is 5.69 Å². The molecule has 0 aliphatic heterocycles. The summed E-state index contributed by atoms with van der Waals surface area (Å²) in [4.78, 5) is 9.16. The third kappa shape index (κ3) is 2.51. The van der Waals surface area contributed by atoms with Crippen LogP contribution >= 0.6 is 12.2 Å². The summed E-state index contributed by atoms with van der Waals surface area (Å²) in [7, 11) is 0. The molecule has 0 saturated heterocycles. The number of anilines is 1. The molecule has 0 saturated carbocycles. The number of nitrogens with zero attached hydrogens (tertiary/aromatic N) is 2. The van der Waals surface area contributed by atoms with E-state index in [1.807, 2.05) is 6.92 Å². The van der Waals surface area contributed by atoms with Crippen molar-refractivity contribution in [2.75, 3.05) is 5.32 Å².